The van der Waals surface area contributed by atoms with Crippen LogP contribution in [0.2, 0.25) is 0 Å². The van der Waals surface area contributed by atoms with Crippen LogP contribution in [0.15, 0.2) is 36.7 Å². The van der Waals surface area contributed by atoms with E-state index in [1.807, 2.05) is 30.3 Å². The van der Waals surface area contributed by atoms with Gasteiger partial charge in [0.25, 0.3) is 0 Å². The average molecular weight is 299 g/mol. The van der Waals surface area contributed by atoms with E-state index in [0.29, 0.717) is 19.0 Å². The van der Waals surface area contributed by atoms with Crippen molar-refractivity contribution in [2.24, 2.45) is 5.92 Å². The van der Waals surface area contributed by atoms with Gasteiger partial charge in [-0.3, -0.25) is 14.9 Å². The third kappa shape index (κ3) is 3.30. The molecule has 0 aliphatic carbocycles. The van der Waals surface area contributed by atoms with Crippen LogP contribution < -0.4 is 5.32 Å². The topological polar surface area (TPSA) is 91.0 Å². The van der Waals surface area contributed by atoms with Crippen LogP contribution in [-0.4, -0.2) is 45.0 Å². The Labute approximate surface area is 127 Å². The molecule has 114 valence electrons. The minimum Gasteiger partial charge on any atom is -0.342 e. The predicted octanol–water partition coefficient (Wildman–Crippen LogP) is 0.834. The van der Waals surface area contributed by atoms with Gasteiger partial charge in [0.2, 0.25) is 17.8 Å². The van der Waals surface area contributed by atoms with Gasteiger partial charge in [-0.25, -0.2) is 5.10 Å². The molecule has 1 aromatic carbocycles. The van der Waals surface area contributed by atoms with Crippen LogP contribution in [0, 0.1) is 5.92 Å². The van der Waals surface area contributed by atoms with Gasteiger partial charge in [0, 0.05) is 19.5 Å². The van der Waals surface area contributed by atoms with Crippen LogP contribution in [0.5, 0.6) is 0 Å². The summed E-state index contributed by atoms with van der Waals surface area (Å²) in [5.74, 6) is -0.213. The Hall–Kier alpha value is -2.70. The molecule has 1 aromatic heterocycles. The number of rotatable bonds is 5. The van der Waals surface area contributed by atoms with E-state index >= 15 is 0 Å². The molecular formula is C15H17N5O2. The van der Waals surface area contributed by atoms with Gasteiger partial charge >= 0.3 is 0 Å². The highest BCUT2D eigenvalue weighted by Crippen LogP contribution is 2.19. The fraction of sp³-hybridized carbons (Fsp3) is 0.333. The summed E-state index contributed by atoms with van der Waals surface area (Å²) in [6.07, 6.45) is 2.36. The number of amides is 2. The Morgan fingerprint density at radius 3 is 2.91 bits per heavy atom. The molecule has 0 spiro atoms. The second-order valence-corrected chi connectivity index (χ2v) is 5.30. The lowest BCUT2D eigenvalue weighted by Crippen LogP contribution is -2.30. The van der Waals surface area contributed by atoms with Crippen LogP contribution in [0.4, 0.5) is 5.95 Å². The van der Waals surface area contributed by atoms with Gasteiger partial charge in [0.1, 0.15) is 6.33 Å². The Bertz CT molecular complexity index is 641. The SMILES string of the molecule is O=C(Nc1ncn[nH]1)[C@H]1CC(=O)N(CCc2ccccc2)C1. The van der Waals surface area contributed by atoms with Gasteiger partial charge in [-0.2, -0.15) is 10.1 Å². The van der Waals surface area contributed by atoms with Gasteiger partial charge in [-0.05, 0) is 12.0 Å². The summed E-state index contributed by atoms with van der Waals surface area (Å²) in [7, 11) is 0. The van der Waals surface area contributed by atoms with Crippen molar-refractivity contribution in [3.63, 3.8) is 0 Å². The monoisotopic (exact) mass is 299 g/mol. The molecule has 0 saturated carbocycles. The zero-order valence-electron chi connectivity index (χ0n) is 12.0. The molecule has 2 amide bonds. The van der Waals surface area contributed by atoms with Crippen LogP contribution in [0.25, 0.3) is 0 Å². The number of aromatic nitrogens is 3. The average Bonchev–Trinajstić information content (AvgIpc) is 3.16. The first-order valence-corrected chi connectivity index (χ1v) is 7.20. The maximum Gasteiger partial charge on any atom is 0.232 e. The summed E-state index contributed by atoms with van der Waals surface area (Å²) in [6, 6.07) is 10.0. The number of nitrogens with one attached hydrogen (secondary N) is 2. The Morgan fingerprint density at radius 2 is 2.18 bits per heavy atom. The van der Waals surface area contributed by atoms with Crippen molar-refractivity contribution in [2.45, 2.75) is 12.8 Å². The van der Waals surface area contributed by atoms with Crippen molar-refractivity contribution >= 4 is 17.8 Å². The maximum absolute atomic E-state index is 12.1. The first-order valence-electron chi connectivity index (χ1n) is 7.20. The zero-order valence-corrected chi connectivity index (χ0v) is 12.0. The highest BCUT2D eigenvalue weighted by atomic mass is 16.2. The highest BCUT2D eigenvalue weighted by Gasteiger charge is 2.34. The van der Waals surface area contributed by atoms with E-state index in [1.54, 1.807) is 4.90 Å². The van der Waals surface area contributed by atoms with Crippen molar-refractivity contribution in [3.05, 3.63) is 42.2 Å². The van der Waals surface area contributed by atoms with Gasteiger partial charge in [-0.15, -0.1) is 0 Å². The van der Waals surface area contributed by atoms with Crippen molar-refractivity contribution < 1.29 is 9.59 Å². The second kappa shape index (κ2) is 6.38. The third-order valence-corrected chi connectivity index (χ3v) is 3.76. The highest BCUT2D eigenvalue weighted by molar-refractivity contribution is 5.96. The molecule has 0 unspecified atom stereocenters. The lowest BCUT2D eigenvalue weighted by atomic mass is 10.1. The van der Waals surface area contributed by atoms with Crippen LogP contribution in [0.3, 0.4) is 0 Å². The normalized spacial score (nSPS) is 17.7. The number of likely N-dealkylation sites (tertiary alicyclic amines) is 1. The van der Waals surface area contributed by atoms with Crippen LogP contribution in [0.1, 0.15) is 12.0 Å². The molecule has 2 N–H and O–H groups in total. The first kappa shape index (κ1) is 14.2. The molecular weight excluding hydrogens is 282 g/mol. The van der Waals surface area contributed by atoms with Crippen molar-refractivity contribution in [2.75, 3.05) is 18.4 Å². The molecule has 7 heteroatoms. The molecule has 1 atom stereocenters. The summed E-state index contributed by atoms with van der Waals surface area (Å²) in [4.78, 5) is 29.7. The number of nitrogens with zero attached hydrogens (tertiary/aromatic N) is 3. The van der Waals surface area contributed by atoms with E-state index in [-0.39, 0.29) is 24.2 Å². The molecule has 3 rings (SSSR count). The van der Waals surface area contributed by atoms with E-state index in [2.05, 4.69) is 20.5 Å². The predicted molar refractivity (Wildman–Crippen MR) is 79.8 cm³/mol. The largest absolute Gasteiger partial charge is 0.342 e. The van der Waals surface area contributed by atoms with E-state index in [1.165, 1.54) is 11.9 Å². The van der Waals surface area contributed by atoms with Crippen molar-refractivity contribution in [1.82, 2.24) is 20.1 Å². The third-order valence-electron chi connectivity index (χ3n) is 3.76. The van der Waals surface area contributed by atoms with Crippen molar-refractivity contribution in [1.29, 1.82) is 0 Å². The molecule has 0 radical (unpaired) electrons. The second-order valence-electron chi connectivity index (χ2n) is 5.30. The van der Waals surface area contributed by atoms with Crippen molar-refractivity contribution in [3.8, 4) is 0 Å². The Morgan fingerprint density at radius 1 is 1.36 bits per heavy atom. The van der Waals surface area contributed by atoms with E-state index in [9.17, 15) is 9.59 Å². The number of hydrogen-bond donors (Lipinski definition) is 2. The number of benzene rings is 1. The Balaban J connectivity index is 1.53. The molecule has 1 aliphatic heterocycles. The summed E-state index contributed by atoms with van der Waals surface area (Å²) in [5.41, 5.74) is 1.19. The van der Waals surface area contributed by atoms with Crippen LogP contribution >= 0.6 is 0 Å². The summed E-state index contributed by atoms with van der Waals surface area (Å²) in [6.45, 7) is 1.08. The molecule has 7 nitrogen and oxygen atoms in total. The summed E-state index contributed by atoms with van der Waals surface area (Å²) < 4.78 is 0. The minimum absolute atomic E-state index is 0.0219. The first-order chi connectivity index (χ1) is 10.7. The molecule has 0 bridgehead atoms. The number of aromatic amines is 1. The van der Waals surface area contributed by atoms with E-state index in [0.717, 1.165) is 6.42 Å². The number of anilines is 1. The molecule has 1 fully saturated rings. The molecule has 22 heavy (non-hydrogen) atoms. The quantitative estimate of drug-likeness (QED) is 0.855. The molecule has 2 heterocycles. The van der Waals surface area contributed by atoms with Crippen LogP contribution in [-0.2, 0) is 16.0 Å². The van der Waals surface area contributed by atoms with E-state index in [4.69, 9.17) is 0 Å². The summed E-state index contributed by atoms with van der Waals surface area (Å²) >= 11 is 0. The molecule has 1 aliphatic rings. The minimum atomic E-state index is -0.339. The Kier molecular flexibility index (Phi) is 4.13. The van der Waals surface area contributed by atoms with Gasteiger partial charge in [-0.1, -0.05) is 30.3 Å². The maximum atomic E-state index is 12.1. The number of carbonyl (C=O) groups is 2. The molecule has 2 aromatic rings. The lowest BCUT2D eigenvalue weighted by Gasteiger charge is -2.16. The molecule has 1 saturated heterocycles. The fourth-order valence-corrected chi connectivity index (χ4v) is 2.56. The number of H-pyrrole nitrogens is 1. The fourth-order valence-electron chi connectivity index (χ4n) is 2.56. The van der Waals surface area contributed by atoms with Gasteiger partial charge in [0.05, 0.1) is 5.92 Å². The van der Waals surface area contributed by atoms with Gasteiger partial charge in [0.15, 0.2) is 0 Å². The van der Waals surface area contributed by atoms with Gasteiger partial charge < -0.3 is 4.90 Å². The zero-order chi connectivity index (χ0) is 15.4. The number of hydrogen-bond acceptors (Lipinski definition) is 4. The number of carbonyl (C=O) groups excluding carboxylic acids is 2. The lowest BCUT2D eigenvalue weighted by molar-refractivity contribution is -0.128. The summed E-state index contributed by atoms with van der Waals surface area (Å²) in [5, 5.41) is 8.87. The smallest absolute Gasteiger partial charge is 0.232 e. The standard InChI is InChI=1S/C15H17N5O2/c21-13-8-12(14(22)18-15-16-10-17-19-15)9-20(13)7-6-11-4-2-1-3-5-11/h1-5,10,12H,6-9H2,(H2,16,17,18,19,22)/t12-/m0/s1. The van der Waals surface area contributed by atoms with E-state index < -0.39 is 0 Å².